The Kier molecular flexibility index (Phi) is 3.25. The number of anilines is 1. The van der Waals surface area contributed by atoms with E-state index in [0.717, 1.165) is 43.2 Å². The molecule has 0 bridgehead atoms. The van der Waals surface area contributed by atoms with E-state index in [1.807, 2.05) is 25.4 Å². The Bertz CT molecular complexity index is 786. The highest BCUT2D eigenvalue weighted by molar-refractivity contribution is 5.42. The van der Waals surface area contributed by atoms with Gasteiger partial charge in [0, 0.05) is 43.3 Å². The predicted molar refractivity (Wildman–Crippen MR) is 86.1 cm³/mol. The van der Waals surface area contributed by atoms with Gasteiger partial charge in [0.1, 0.15) is 17.3 Å². The van der Waals surface area contributed by atoms with Crippen LogP contribution >= 0.6 is 0 Å². The topological polar surface area (TPSA) is 46.3 Å². The summed E-state index contributed by atoms with van der Waals surface area (Å²) in [5.41, 5.74) is 2.40. The summed E-state index contributed by atoms with van der Waals surface area (Å²) in [5.74, 6) is 2.46. The van der Waals surface area contributed by atoms with Gasteiger partial charge in [0.2, 0.25) is 0 Å². The first kappa shape index (κ1) is 13.2. The van der Waals surface area contributed by atoms with Crippen molar-refractivity contribution in [3.63, 3.8) is 0 Å². The van der Waals surface area contributed by atoms with Crippen LogP contribution in [0.15, 0.2) is 42.9 Å². The molecule has 4 heterocycles. The summed E-state index contributed by atoms with van der Waals surface area (Å²) in [6.07, 6.45) is 8.05. The zero-order valence-electron chi connectivity index (χ0n) is 12.7. The largest absolute Gasteiger partial charge is 0.356 e. The van der Waals surface area contributed by atoms with Gasteiger partial charge >= 0.3 is 0 Å². The van der Waals surface area contributed by atoms with E-state index in [1.165, 1.54) is 5.69 Å². The van der Waals surface area contributed by atoms with Gasteiger partial charge in [-0.1, -0.05) is 6.07 Å². The monoisotopic (exact) mass is 293 g/mol. The van der Waals surface area contributed by atoms with Gasteiger partial charge in [-0.15, -0.1) is 0 Å². The Morgan fingerprint density at radius 2 is 1.91 bits per heavy atom. The molecule has 0 atom stereocenters. The van der Waals surface area contributed by atoms with Crippen LogP contribution in [0.5, 0.6) is 0 Å². The van der Waals surface area contributed by atoms with E-state index >= 15 is 0 Å². The number of imidazole rings is 1. The lowest BCUT2D eigenvalue weighted by Gasteiger charge is -2.33. The minimum absolute atomic E-state index is 0.581. The average molecular weight is 293 g/mol. The standard InChI is InChI=1S/C17H19N5/c1-13-18-8-5-17(20-13)21-10-6-14(7-11-21)15-3-2-4-16-19-9-12-22(15)16/h2-5,8-9,12,14H,6-7,10-11H2,1H3. The molecule has 0 radical (unpaired) electrons. The van der Waals surface area contributed by atoms with Crippen LogP contribution < -0.4 is 4.90 Å². The second-order valence-corrected chi connectivity index (χ2v) is 5.83. The van der Waals surface area contributed by atoms with Crippen LogP contribution in [0, 0.1) is 6.92 Å². The predicted octanol–water partition coefficient (Wildman–Crippen LogP) is 2.82. The molecule has 112 valence electrons. The highest BCUT2D eigenvalue weighted by atomic mass is 15.2. The van der Waals surface area contributed by atoms with Gasteiger partial charge in [0.25, 0.3) is 0 Å². The van der Waals surface area contributed by atoms with E-state index in [-0.39, 0.29) is 0 Å². The Hall–Kier alpha value is -2.43. The molecule has 0 N–H and O–H groups in total. The number of hydrogen-bond donors (Lipinski definition) is 0. The van der Waals surface area contributed by atoms with Crippen LogP contribution in [0.25, 0.3) is 5.65 Å². The number of nitrogens with zero attached hydrogens (tertiary/aromatic N) is 5. The first-order chi connectivity index (χ1) is 10.8. The molecule has 5 nitrogen and oxygen atoms in total. The Morgan fingerprint density at radius 3 is 2.73 bits per heavy atom. The fourth-order valence-electron chi connectivity index (χ4n) is 3.33. The van der Waals surface area contributed by atoms with Crippen molar-refractivity contribution in [1.82, 2.24) is 19.4 Å². The second kappa shape index (κ2) is 5.40. The molecule has 1 aliphatic heterocycles. The SMILES string of the molecule is Cc1nccc(N2CCC(c3cccc4nccn34)CC2)n1. The molecular formula is C17H19N5. The van der Waals surface area contributed by atoms with Crippen molar-refractivity contribution < 1.29 is 0 Å². The van der Waals surface area contributed by atoms with Crippen LogP contribution in [0.2, 0.25) is 0 Å². The second-order valence-electron chi connectivity index (χ2n) is 5.83. The van der Waals surface area contributed by atoms with E-state index in [4.69, 9.17) is 0 Å². The number of aryl methyl sites for hydroxylation is 1. The molecule has 0 aliphatic carbocycles. The summed E-state index contributed by atoms with van der Waals surface area (Å²) in [5, 5.41) is 0. The molecule has 0 aromatic carbocycles. The minimum atomic E-state index is 0.581. The third-order valence-electron chi connectivity index (χ3n) is 4.46. The number of piperidine rings is 1. The van der Waals surface area contributed by atoms with Gasteiger partial charge in [-0.2, -0.15) is 0 Å². The van der Waals surface area contributed by atoms with E-state index < -0.39 is 0 Å². The summed E-state index contributed by atoms with van der Waals surface area (Å²) in [6, 6.07) is 8.40. The maximum absolute atomic E-state index is 4.54. The van der Waals surface area contributed by atoms with Crippen molar-refractivity contribution in [3.8, 4) is 0 Å². The van der Waals surface area contributed by atoms with Gasteiger partial charge in [-0.25, -0.2) is 15.0 Å². The fraction of sp³-hybridized carbons (Fsp3) is 0.353. The van der Waals surface area contributed by atoms with E-state index in [2.05, 4.69) is 48.6 Å². The van der Waals surface area contributed by atoms with Crippen molar-refractivity contribution in [2.24, 2.45) is 0 Å². The number of fused-ring (bicyclic) bond motifs is 1. The molecule has 1 aliphatic rings. The Labute approximate surface area is 129 Å². The fourth-order valence-corrected chi connectivity index (χ4v) is 3.33. The molecule has 0 amide bonds. The maximum Gasteiger partial charge on any atom is 0.136 e. The minimum Gasteiger partial charge on any atom is -0.356 e. The lowest BCUT2D eigenvalue weighted by molar-refractivity contribution is 0.490. The van der Waals surface area contributed by atoms with E-state index in [1.54, 1.807) is 0 Å². The molecule has 1 saturated heterocycles. The molecule has 3 aromatic rings. The van der Waals surface area contributed by atoms with Gasteiger partial charge in [0.15, 0.2) is 0 Å². The van der Waals surface area contributed by atoms with Gasteiger partial charge in [-0.3, -0.25) is 0 Å². The summed E-state index contributed by atoms with van der Waals surface area (Å²) in [6.45, 7) is 4.01. The molecule has 1 fully saturated rings. The van der Waals surface area contributed by atoms with Crippen molar-refractivity contribution in [2.75, 3.05) is 18.0 Å². The van der Waals surface area contributed by atoms with E-state index in [9.17, 15) is 0 Å². The van der Waals surface area contributed by atoms with E-state index in [0.29, 0.717) is 5.92 Å². The number of aromatic nitrogens is 4. The third kappa shape index (κ3) is 2.32. The normalized spacial score (nSPS) is 16.3. The first-order valence-corrected chi connectivity index (χ1v) is 7.78. The number of pyridine rings is 1. The van der Waals surface area contributed by atoms with Crippen LogP contribution in [0.3, 0.4) is 0 Å². The molecule has 0 spiro atoms. The van der Waals surface area contributed by atoms with Crippen molar-refractivity contribution >= 4 is 11.5 Å². The first-order valence-electron chi connectivity index (χ1n) is 7.78. The molecule has 22 heavy (non-hydrogen) atoms. The third-order valence-corrected chi connectivity index (χ3v) is 4.46. The zero-order valence-corrected chi connectivity index (χ0v) is 12.7. The Balaban J connectivity index is 1.53. The highest BCUT2D eigenvalue weighted by Crippen LogP contribution is 2.30. The molecule has 4 rings (SSSR count). The van der Waals surface area contributed by atoms with Crippen LogP contribution in [0.4, 0.5) is 5.82 Å². The van der Waals surface area contributed by atoms with Crippen LogP contribution in [-0.2, 0) is 0 Å². The Morgan fingerprint density at radius 1 is 1.05 bits per heavy atom. The van der Waals surface area contributed by atoms with Crippen molar-refractivity contribution in [2.45, 2.75) is 25.7 Å². The lowest BCUT2D eigenvalue weighted by Crippen LogP contribution is -2.34. The van der Waals surface area contributed by atoms with Gasteiger partial charge in [-0.05, 0) is 38.0 Å². The maximum atomic E-state index is 4.54. The molecule has 5 heteroatoms. The average Bonchev–Trinajstić information content (AvgIpc) is 3.04. The van der Waals surface area contributed by atoms with Crippen molar-refractivity contribution in [3.05, 3.63) is 54.4 Å². The van der Waals surface area contributed by atoms with Gasteiger partial charge < -0.3 is 9.30 Å². The quantitative estimate of drug-likeness (QED) is 0.729. The van der Waals surface area contributed by atoms with Crippen LogP contribution in [-0.4, -0.2) is 32.4 Å². The summed E-state index contributed by atoms with van der Waals surface area (Å²) in [7, 11) is 0. The summed E-state index contributed by atoms with van der Waals surface area (Å²) < 4.78 is 2.22. The number of hydrogen-bond acceptors (Lipinski definition) is 4. The number of rotatable bonds is 2. The zero-order chi connectivity index (χ0) is 14.9. The molecule has 0 unspecified atom stereocenters. The van der Waals surface area contributed by atoms with Crippen LogP contribution in [0.1, 0.15) is 30.3 Å². The summed E-state index contributed by atoms with van der Waals surface area (Å²) >= 11 is 0. The molecular weight excluding hydrogens is 274 g/mol. The molecule has 3 aromatic heterocycles. The molecule has 0 saturated carbocycles. The summed E-state index contributed by atoms with van der Waals surface area (Å²) in [4.78, 5) is 15.5. The highest BCUT2D eigenvalue weighted by Gasteiger charge is 2.23. The lowest BCUT2D eigenvalue weighted by atomic mass is 9.93. The van der Waals surface area contributed by atoms with Gasteiger partial charge in [0.05, 0.1) is 0 Å². The van der Waals surface area contributed by atoms with Crippen molar-refractivity contribution in [1.29, 1.82) is 0 Å². The smallest absolute Gasteiger partial charge is 0.136 e.